The third kappa shape index (κ3) is 4.04. The highest BCUT2D eigenvalue weighted by atomic mass is 19.1. The Kier molecular flexibility index (Phi) is 4.98. The third-order valence-corrected chi connectivity index (χ3v) is 4.15. The number of aromatic nitrogens is 2. The lowest BCUT2D eigenvalue weighted by Gasteiger charge is -2.35. The number of carbonyl (C=O) groups excluding carboxylic acids is 1. The molecule has 1 aromatic rings. The number of rotatable bonds is 2. The summed E-state index contributed by atoms with van der Waals surface area (Å²) in [5.41, 5.74) is -0.312. The lowest BCUT2D eigenvalue weighted by molar-refractivity contribution is 0.0161. The molecule has 0 bridgehead atoms. The fourth-order valence-electron chi connectivity index (χ4n) is 2.82. The second-order valence-electron chi connectivity index (χ2n) is 6.98. The molecule has 0 saturated carbocycles. The molecule has 2 rings (SSSR count). The van der Waals surface area contributed by atoms with Gasteiger partial charge in [-0.05, 0) is 46.5 Å². The SMILES string of the molecule is C#Cc1cnn(C(C)C2CCN(C(=O)OC(C)(C)C)CC2)c1F. The Morgan fingerprint density at radius 2 is 2.09 bits per heavy atom. The molecule has 6 heteroatoms. The van der Waals surface area contributed by atoms with E-state index in [1.165, 1.54) is 10.9 Å². The molecule has 0 N–H and O–H groups in total. The molecule has 0 spiro atoms. The summed E-state index contributed by atoms with van der Waals surface area (Å²) in [6.07, 6.45) is 7.90. The van der Waals surface area contributed by atoms with Gasteiger partial charge in [-0.25, -0.2) is 9.48 Å². The minimum atomic E-state index is -0.495. The summed E-state index contributed by atoms with van der Waals surface area (Å²) in [6.45, 7) is 8.70. The number of hydrogen-bond donors (Lipinski definition) is 0. The zero-order chi connectivity index (χ0) is 17.2. The number of carbonyl (C=O) groups is 1. The van der Waals surface area contributed by atoms with Gasteiger partial charge in [0.15, 0.2) is 0 Å². The van der Waals surface area contributed by atoms with Crippen molar-refractivity contribution >= 4 is 6.09 Å². The van der Waals surface area contributed by atoms with Crippen LogP contribution in [0.5, 0.6) is 0 Å². The van der Waals surface area contributed by atoms with Gasteiger partial charge in [0.2, 0.25) is 5.95 Å². The van der Waals surface area contributed by atoms with E-state index in [1.807, 2.05) is 27.7 Å². The van der Waals surface area contributed by atoms with Crippen LogP contribution in [0.3, 0.4) is 0 Å². The van der Waals surface area contributed by atoms with Crippen LogP contribution in [0.4, 0.5) is 9.18 Å². The molecular weight excluding hydrogens is 297 g/mol. The topological polar surface area (TPSA) is 47.4 Å². The lowest BCUT2D eigenvalue weighted by Crippen LogP contribution is -2.43. The lowest BCUT2D eigenvalue weighted by atomic mass is 9.90. The normalized spacial score (nSPS) is 17.7. The summed E-state index contributed by atoms with van der Waals surface area (Å²) < 4.78 is 20.8. The number of piperidine rings is 1. The molecule has 0 aromatic carbocycles. The number of ether oxygens (including phenoxy) is 1. The van der Waals surface area contributed by atoms with Gasteiger partial charge in [-0.2, -0.15) is 9.49 Å². The minimum absolute atomic E-state index is 0.0992. The molecule has 1 aromatic heterocycles. The molecule has 1 unspecified atom stereocenters. The van der Waals surface area contributed by atoms with Gasteiger partial charge in [0.25, 0.3) is 0 Å². The van der Waals surface area contributed by atoms with Crippen molar-refractivity contribution in [2.45, 2.75) is 52.2 Å². The van der Waals surface area contributed by atoms with Gasteiger partial charge in [-0.1, -0.05) is 5.92 Å². The predicted molar refractivity (Wildman–Crippen MR) is 85.4 cm³/mol. The average Bonchev–Trinajstić information content (AvgIpc) is 2.86. The maximum absolute atomic E-state index is 14.1. The molecular formula is C17H24FN3O2. The minimum Gasteiger partial charge on any atom is -0.444 e. The number of likely N-dealkylation sites (tertiary alicyclic amines) is 1. The van der Waals surface area contributed by atoms with Crippen LogP contribution >= 0.6 is 0 Å². The van der Waals surface area contributed by atoms with Crippen molar-refractivity contribution < 1.29 is 13.9 Å². The maximum Gasteiger partial charge on any atom is 0.410 e. The molecule has 1 amide bonds. The Morgan fingerprint density at radius 1 is 1.48 bits per heavy atom. The van der Waals surface area contributed by atoms with Gasteiger partial charge < -0.3 is 9.64 Å². The van der Waals surface area contributed by atoms with Crippen molar-refractivity contribution in [2.75, 3.05) is 13.1 Å². The van der Waals surface area contributed by atoms with E-state index in [0.29, 0.717) is 13.1 Å². The van der Waals surface area contributed by atoms with Crippen molar-refractivity contribution in [3.8, 4) is 12.3 Å². The van der Waals surface area contributed by atoms with Crippen LogP contribution in [0, 0.1) is 24.2 Å². The Bertz CT molecular complexity index is 604. The second-order valence-corrected chi connectivity index (χ2v) is 6.98. The second kappa shape index (κ2) is 6.61. The maximum atomic E-state index is 14.1. The first-order valence-corrected chi connectivity index (χ1v) is 7.90. The molecule has 0 radical (unpaired) electrons. The number of terminal acetylenes is 1. The van der Waals surface area contributed by atoms with Gasteiger partial charge in [-0.3, -0.25) is 0 Å². The molecule has 0 aliphatic carbocycles. The summed E-state index contributed by atoms with van der Waals surface area (Å²) in [6, 6.07) is -0.0992. The molecule has 23 heavy (non-hydrogen) atoms. The third-order valence-electron chi connectivity index (χ3n) is 4.15. The van der Waals surface area contributed by atoms with Gasteiger partial charge in [0.05, 0.1) is 17.8 Å². The summed E-state index contributed by atoms with van der Waals surface area (Å²) in [7, 11) is 0. The van der Waals surface area contributed by atoms with Gasteiger partial charge in [0.1, 0.15) is 5.60 Å². The first kappa shape index (κ1) is 17.3. The van der Waals surface area contributed by atoms with Crippen LogP contribution in [0.2, 0.25) is 0 Å². The van der Waals surface area contributed by atoms with E-state index >= 15 is 0 Å². The Hall–Kier alpha value is -2.03. The van der Waals surface area contributed by atoms with E-state index in [-0.39, 0.29) is 23.6 Å². The number of hydrogen-bond acceptors (Lipinski definition) is 3. The standard InChI is InChI=1S/C17H24FN3O2/c1-6-13-11-19-21(15(13)18)12(2)14-7-9-20(10-8-14)16(22)23-17(3,4)5/h1,11-12,14H,7-10H2,2-5H3. The van der Waals surface area contributed by atoms with Crippen LogP contribution in [0.1, 0.15) is 52.1 Å². The summed E-state index contributed by atoms with van der Waals surface area (Å²) >= 11 is 0. The molecule has 1 aliphatic heterocycles. The first-order valence-electron chi connectivity index (χ1n) is 7.90. The molecule has 1 atom stereocenters. The Labute approximate surface area is 136 Å². The van der Waals surface area contributed by atoms with E-state index in [9.17, 15) is 9.18 Å². The van der Waals surface area contributed by atoms with Crippen LogP contribution in [0.25, 0.3) is 0 Å². The van der Waals surface area contributed by atoms with Crippen molar-refractivity contribution in [1.29, 1.82) is 0 Å². The Morgan fingerprint density at radius 3 is 2.57 bits per heavy atom. The zero-order valence-corrected chi connectivity index (χ0v) is 14.2. The number of nitrogens with zero attached hydrogens (tertiary/aromatic N) is 3. The van der Waals surface area contributed by atoms with E-state index < -0.39 is 11.5 Å². The van der Waals surface area contributed by atoms with Crippen LogP contribution in [-0.4, -0.2) is 39.5 Å². The van der Waals surface area contributed by atoms with E-state index in [1.54, 1.807) is 4.90 Å². The van der Waals surface area contributed by atoms with Crippen molar-refractivity contribution in [1.82, 2.24) is 14.7 Å². The highest BCUT2D eigenvalue weighted by Crippen LogP contribution is 2.29. The molecule has 1 aliphatic rings. The van der Waals surface area contributed by atoms with E-state index in [4.69, 9.17) is 11.2 Å². The van der Waals surface area contributed by atoms with Crippen molar-refractivity contribution in [2.24, 2.45) is 5.92 Å². The monoisotopic (exact) mass is 321 g/mol. The highest BCUT2D eigenvalue weighted by molar-refractivity contribution is 5.68. The highest BCUT2D eigenvalue weighted by Gasteiger charge is 2.31. The van der Waals surface area contributed by atoms with Crippen molar-refractivity contribution in [3.05, 3.63) is 17.7 Å². The molecule has 1 fully saturated rings. The zero-order valence-electron chi connectivity index (χ0n) is 14.2. The van der Waals surface area contributed by atoms with Gasteiger partial charge in [0, 0.05) is 13.1 Å². The molecule has 5 nitrogen and oxygen atoms in total. The summed E-state index contributed by atoms with van der Waals surface area (Å²) in [4.78, 5) is 13.8. The molecule has 126 valence electrons. The van der Waals surface area contributed by atoms with Crippen LogP contribution < -0.4 is 0 Å². The largest absolute Gasteiger partial charge is 0.444 e. The quantitative estimate of drug-likeness (QED) is 0.786. The van der Waals surface area contributed by atoms with Gasteiger partial charge >= 0.3 is 6.09 Å². The van der Waals surface area contributed by atoms with E-state index in [0.717, 1.165) is 12.8 Å². The fourth-order valence-corrected chi connectivity index (χ4v) is 2.82. The predicted octanol–water partition coefficient (Wildman–Crippen LogP) is 3.21. The number of amides is 1. The van der Waals surface area contributed by atoms with Gasteiger partial charge in [-0.15, -0.1) is 6.42 Å². The molecule has 1 saturated heterocycles. The Balaban J connectivity index is 1.95. The summed E-state index contributed by atoms with van der Waals surface area (Å²) in [5, 5.41) is 4.06. The molecule has 2 heterocycles. The fraction of sp³-hybridized carbons (Fsp3) is 0.647. The average molecular weight is 321 g/mol. The number of halogens is 1. The van der Waals surface area contributed by atoms with Crippen LogP contribution in [0.15, 0.2) is 6.20 Å². The first-order chi connectivity index (χ1) is 10.7. The van der Waals surface area contributed by atoms with Crippen molar-refractivity contribution in [3.63, 3.8) is 0 Å². The van der Waals surface area contributed by atoms with E-state index in [2.05, 4.69) is 11.0 Å². The van der Waals surface area contributed by atoms with Crippen LogP contribution in [-0.2, 0) is 4.74 Å². The summed E-state index contributed by atoms with van der Waals surface area (Å²) in [5.74, 6) is 2.07. The smallest absolute Gasteiger partial charge is 0.410 e.